The van der Waals surface area contributed by atoms with Crippen molar-refractivity contribution in [3.8, 4) is 5.75 Å². The van der Waals surface area contributed by atoms with Crippen molar-refractivity contribution in [1.82, 2.24) is 0 Å². The van der Waals surface area contributed by atoms with Crippen LogP contribution in [0.1, 0.15) is 20.7 Å². The zero-order chi connectivity index (χ0) is 22.1. The highest BCUT2D eigenvalue weighted by Crippen LogP contribution is 2.30. The van der Waals surface area contributed by atoms with Crippen LogP contribution in [0.15, 0.2) is 88.1 Å². The highest BCUT2D eigenvalue weighted by atomic mass is 16.5. The summed E-state index contributed by atoms with van der Waals surface area (Å²) in [4.78, 5) is 25.5. The number of methoxy groups -OCH3 is 1. The number of hydrogen-bond acceptors (Lipinski definition) is 5. The van der Waals surface area contributed by atoms with Crippen molar-refractivity contribution in [2.24, 2.45) is 0 Å². The quantitative estimate of drug-likeness (QED) is 0.376. The normalized spacial score (nSPS) is 10.9. The molecule has 0 atom stereocenters. The van der Waals surface area contributed by atoms with Crippen LogP contribution in [0.4, 0.5) is 11.4 Å². The molecule has 0 fully saturated rings. The topological polar surface area (TPSA) is 93.7 Å². The number of anilines is 2. The fourth-order valence-corrected chi connectivity index (χ4v) is 3.57. The second kappa shape index (κ2) is 7.96. The number of hydrogen-bond donors (Lipinski definition) is 2. The lowest BCUT2D eigenvalue weighted by atomic mass is 10.1. The minimum absolute atomic E-state index is 0.307. The second-order valence-electron chi connectivity index (χ2n) is 7.11. The molecule has 0 aliphatic heterocycles. The Morgan fingerprint density at radius 3 is 1.91 bits per heavy atom. The molecule has 0 saturated carbocycles. The zero-order valence-electron chi connectivity index (χ0n) is 17.0. The summed E-state index contributed by atoms with van der Waals surface area (Å²) in [6.45, 7) is 0. The Kier molecular flexibility index (Phi) is 4.84. The standard InChI is InChI=1S/C25H18N2O5/c1-30-23-12-15(26-24(28)18-13-31-21-8-4-2-6-16(18)21)10-11-20(23)27-25(29)19-14-32-22-9-5-3-7-17(19)22/h2-14H,1H3,(H,26,28)(H,27,29). The van der Waals surface area contributed by atoms with E-state index in [4.69, 9.17) is 13.6 Å². The minimum atomic E-state index is -0.324. The van der Waals surface area contributed by atoms with Crippen LogP contribution >= 0.6 is 0 Å². The molecule has 0 aliphatic carbocycles. The summed E-state index contributed by atoms with van der Waals surface area (Å²) in [6, 6.07) is 19.6. The molecule has 5 rings (SSSR count). The van der Waals surface area contributed by atoms with E-state index in [1.165, 1.54) is 19.6 Å². The number of rotatable bonds is 5. The van der Waals surface area contributed by atoms with Gasteiger partial charge in [0.05, 0.1) is 23.9 Å². The first kappa shape index (κ1) is 19.4. The lowest BCUT2D eigenvalue weighted by Crippen LogP contribution is -2.13. The Morgan fingerprint density at radius 2 is 1.31 bits per heavy atom. The second-order valence-corrected chi connectivity index (χ2v) is 7.11. The van der Waals surface area contributed by atoms with Crippen molar-refractivity contribution >= 4 is 45.1 Å². The lowest BCUT2D eigenvalue weighted by molar-refractivity contribution is 0.101. The first-order valence-electron chi connectivity index (χ1n) is 9.87. The summed E-state index contributed by atoms with van der Waals surface area (Å²) in [7, 11) is 1.49. The maximum atomic E-state index is 12.8. The average molecular weight is 426 g/mol. The van der Waals surface area contributed by atoms with Crippen molar-refractivity contribution in [2.45, 2.75) is 0 Å². The van der Waals surface area contributed by atoms with Crippen molar-refractivity contribution in [2.75, 3.05) is 17.7 Å². The number of fused-ring (bicyclic) bond motifs is 2. The molecule has 0 aliphatic rings. The highest BCUT2D eigenvalue weighted by Gasteiger charge is 2.17. The largest absolute Gasteiger partial charge is 0.494 e. The zero-order valence-corrected chi connectivity index (χ0v) is 17.0. The van der Waals surface area contributed by atoms with E-state index in [1.54, 1.807) is 30.3 Å². The monoisotopic (exact) mass is 426 g/mol. The maximum Gasteiger partial charge on any atom is 0.259 e. The molecule has 7 nitrogen and oxygen atoms in total. The van der Waals surface area contributed by atoms with Crippen LogP contribution in [0, 0.1) is 0 Å². The summed E-state index contributed by atoms with van der Waals surface area (Å²) >= 11 is 0. The fraction of sp³-hybridized carbons (Fsp3) is 0.0400. The molecule has 0 saturated heterocycles. The molecule has 5 aromatic rings. The van der Waals surface area contributed by atoms with Gasteiger partial charge >= 0.3 is 0 Å². The molecule has 0 bridgehead atoms. The van der Waals surface area contributed by atoms with E-state index >= 15 is 0 Å². The SMILES string of the molecule is COc1cc(NC(=O)c2coc3ccccc23)ccc1NC(=O)c1coc2ccccc12. The van der Waals surface area contributed by atoms with Gasteiger partial charge in [0, 0.05) is 22.5 Å². The molecule has 7 heteroatoms. The molecule has 2 aromatic heterocycles. The fourth-order valence-electron chi connectivity index (χ4n) is 3.57. The minimum Gasteiger partial charge on any atom is -0.494 e. The number of furan rings is 2. The number of benzene rings is 3. The van der Waals surface area contributed by atoms with Crippen LogP contribution in [0.25, 0.3) is 21.9 Å². The first-order chi connectivity index (χ1) is 15.6. The summed E-state index contributed by atoms with van der Waals surface area (Å²) in [5.74, 6) is -0.227. The Morgan fingerprint density at radius 1 is 0.750 bits per heavy atom. The molecule has 32 heavy (non-hydrogen) atoms. The Balaban J connectivity index is 1.37. The summed E-state index contributed by atoms with van der Waals surface area (Å²) in [5, 5.41) is 7.13. The predicted molar refractivity (Wildman–Crippen MR) is 121 cm³/mol. The van der Waals surface area contributed by atoms with Gasteiger partial charge in [-0.25, -0.2) is 0 Å². The van der Waals surface area contributed by atoms with Gasteiger partial charge in [-0.3, -0.25) is 9.59 Å². The van der Waals surface area contributed by atoms with E-state index in [0.29, 0.717) is 39.4 Å². The molecular formula is C25H18N2O5. The van der Waals surface area contributed by atoms with Gasteiger partial charge in [0.2, 0.25) is 0 Å². The molecule has 3 aromatic carbocycles. The number of nitrogens with one attached hydrogen (secondary N) is 2. The van der Waals surface area contributed by atoms with Crippen molar-refractivity contribution in [1.29, 1.82) is 0 Å². The Labute approximate surface area is 182 Å². The number of para-hydroxylation sites is 2. The molecule has 0 radical (unpaired) electrons. The molecule has 2 N–H and O–H groups in total. The molecule has 0 unspecified atom stereocenters. The Bertz CT molecular complexity index is 1460. The number of amides is 2. The van der Waals surface area contributed by atoms with E-state index in [0.717, 1.165) is 10.8 Å². The summed E-state index contributed by atoms with van der Waals surface area (Å²) < 4.78 is 16.3. The van der Waals surface area contributed by atoms with Crippen molar-refractivity contribution < 1.29 is 23.2 Å². The third-order valence-electron chi connectivity index (χ3n) is 5.16. The summed E-state index contributed by atoms with van der Waals surface area (Å²) in [5.41, 5.74) is 3.11. The van der Waals surface area contributed by atoms with Crippen LogP contribution in [0.2, 0.25) is 0 Å². The summed E-state index contributed by atoms with van der Waals surface area (Å²) in [6.07, 6.45) is 2.86. The van der Waals surface area contributed by atoms with E-state index in [9.17, 15) is 9.59 Å². The van der Waals surface area contributed by atoms with Gasteiger partial charge in [-0.05, 0) is 24.3 Å². The third-order valence-corrected chi connectivity index (χ3v) is 5.16. The van der Waals surface area contributed by atoms with Crippen LogP contribution in [-0.4, -0.2) is 18.9 Å². The van der Waals surface area contributed by atoms with Gasteiger partial charge in [0.15, 0.2) is 0 Å². The molecule has 2 heterocycles. The molecule has 0 spiro atoms. The smallest absolute Gasteiger partial charge is 0.259 e. The van der Waals surface area contributed by atoms with E-state index in [-0.39, 0.29) is 11.8 Å². The van der Waals surface area contributed by atoms with Gasteiger partial charge in [-0.1, -0.05) is 36.4 Å². The van der Waals surface area contributed by atoms with E-state index < -0.39 is 0 Å². The highest BCUT2D eigenvalue weighted by molar-refractivity contribution is 6.14. The van der Waals surface area contributed by atoms with Crippen LogP contribution in [-0.2, 0) is 0 Å². The lowest BCUT2D eigenvalue weighted by Gasteiger charge is -2.12. The molecule has 2 amide bonds. The van der Waals surface area contributed by atoms with Gasteiger partial charge in [-0.15, -0.1) is 0 Å². The van der Waals surface area contributed by atoms with Crippen molar-refractivity contribution in [3.05, 3.63) is 90.4 Å². The first-order valence-corrected chi connectivity index (χ1v) is 9.87. The third kappa shape index (κ3) is 3.45. The number of carbonyl (C=O) groups is 2. The van der Waals surface area contributed by atoms with E-state index in [2.05, 4.69) is 10.6 Å². The molecular weight excluding hydrogens is 408 g/mol. The number of carbonyl (C=O) groups excluding carboxylic acids is 2. The predicted octanol–water partition coefficient (Wildman–Crippen LogP) is 5.69. The van der Waals surface area contributed by atoms with Crippen LogP contribution in [0.5, 0.6) is 5.75 Å². The Hall–Kier alpha value is -4.52. The van der Waals surface area contributed by atoms with Crippen molar-refractivity contribution in [3.63, 3.8) is 0 Å². The van der Waals surface area contributed by atoms with Gasteiger partial charge in [-0.2, -0.15) is 0 Å². The van der Waals surface area contributed by atoms with Crippen LogP contribution in [0.3, 0.4) is 0 Å². The van der Waals surface area contributed by atoms with E-state index in [1.807, 2.05) is 36.4 Å². The van der Waals surface area contributed by atoms with Gasteiger partial charge < -0.3 is 24.2 Å². The van der Waals surface area contributed by atoms with Crippen LogP contribution < -0.4 is 15.4 Å². The molecule has 158 valence electrons. The number of ether oxygens (including phenoxy) is 1. The van der Waals surface area contributed by atoms with Gasteiger partial charge in [0.25, 0.3) is 11.8 Å². The average Bonchev–Trinajstić information content (AvgIpc) is 3.44. The maximum absolute atomic E-state index is 12.8. The van der Waals surface area contributed by atoms with Gasteiger partial charge in [0.1, 0.15) is 29.4 Å².